The average molecular weight is 734 g/mol. The maximum Gasteiger partial charge on any atom is 0.411 e. The Morgan fingerprint density at radius 3 is 1.06 bits per heavy atom. The molecule has 4 nitrogen and oxygen atoms in total. The topological polar surface area (TPSA) is 58.2 Å². The van der Waals surface area contributed by atoms with Crippen molar-refractivity contribution in [1.82, 2.24) is 0 Å². The zero-order valence-corrected chi connectivity index (χ0v) is 22.7. The lowest BCUT2D eigenvalue weighted by Gasteiger charge is -2.39. The molecule has 0 heterocycles. The number of rotatable bonds is 4. The van der Waals surface area contributed by atoms with E-state index in [1.54, 1.807) is 0 Å². The zero-order chi connectivity index (χ0) is 25.5. The zero-order valence-electron chi connectivity index (χ0n) is 16.4. The van der Waals surface area contributed by atoms with Crippen molar-refractivity contribution in [2.24, 2.45) is 0 Å². The lowest BCUT2D eigenvalue weighted by molar-refractivity contribution is -0.288. The Labute approximate surface area is 217 Å². The molecule has 33 heavy (non-hydrogen) atoms. The number of carbonyl (C=O) groups excluding carboxylic acids is 2. The number of nitrogens with one attached hydrogen (secondary N) is 2. The summed E-state index contributed by atoms with van der Waals surface area (Å²) in [6.45, 7) is 2.27. The van der Waals surface area contributed by atoms with Crippen LogP contribution in [0.3, 0.4) is 0 Å². The molecule has 0 aliphatic heterocycles. The highest BCUT2D eigenvalue weighted by atomic mass is 79.9. The summed E-state index contributed by atoms with van der Waals surface area (Å²) in [7, 11) is 0. The first-order valence-corrected chi connectivity index (χ1v) is 11.8. The first kappa shape index (κ1) is 28.1. The molecule has 2 rings (SSSR count). The number of hydrogen-bond acceptors (Lipinski definition) is 2. The van der Waals surface area contributed by atoms with Crippen molar-refractivity contribution in [2.75, 3.05) is 10.6 Å². The van der Waals surface area contributed by atoms with Gasteiger partial charge in [-0.2, -0.15) is 26.3 Å². The fourth-order valence-electron chi connectivity index (χ4n) is 3.15. The Kier molecular flexibility index (Phi) is 8.40. The second kappa shape index (κ2) is 9.86. The van der Waals surface area contributed by atoms with Crippen LogP contribution >= 0.6 is 63.7 Å². The van der Waals surface area contributed by atoms with Crippen molar-refractivity contribution >= 4 is 86.9 Å². The van der Waals surface area contributed by atoms with Gasteiger partial charge in [0.2, 0.25) is 17.2 Å². The summed E-state index contributed by atoms with van der Waals surface area (Å²) in [6, 6.07) is 2.61. The molecule has 0 aromatic heterocycles. The lowest BCUT2D eigenvalue weighted by Crippen LogP contribution is -2.54. The predicted molar refractivity (Wildman–Crippen MR) is 125 cm³/mol. The van der Waals surface area contributed by atoms with Gasteiger partial charge in [0.25, 0.3) is 0 Å². The molecule has 0 bridgehead atoms. The summed E-state index contributed by atoms with van der Waals surface area (Å²) in [5.74, 6) is -1.16. The van der Waals surface area contributed by atoms with Crippen LogP contribution in [0.25, 0.3) is 0 Å². The van der Waals surface area contributed by atoms with Crippen LogP contribution in [0.5, 0.6) is 0 Å². The van der Waals surface area contributed by atoms with Crippen molar-refractivity contribution in [3.8, 4) is 0 Å². The molecule has 2 N–H and O–H groups in total. The molecule has 0 radical (unpaired) electrons. The van der Waals surface area contributed by atoms with Crippen LogP contribution in [0, 0.1) is 0 Å². The highest BCUT2D eigenvalue weighted by Crippen LogP contribution is 2.58. The van der Waals surface area contributed by atoms with E-state index in [2.05, 4.69) is 74.4 Å². The molecule has 180 valence electrons. The molecule has 0 atom stereocenters. The van der Waals surface area contributed by atoms with Crippen LogP contribution in [0.15, 0.2) is 42.2 Å². The van der Waals surface area contributed by atoms with Gasteiger partial charge in [0, 0.05) is 31.7 Å². The molecule has 2 aromatic rings. The van der Waals surface area contributed by atoms with Gasteiger partial charge in [0.05, 0.1) is 11.4 Å². The number of anilines is 2. The van der Waals surface area contributed by atoms with E-state index in [0.717, 1.165) is 13.8 Å². The van der Waals surface area contributed by atoms with Crippen molar-refractivity contribution in [3.05, 3.63) is 53.3 Å². The van der Waals surface area contributed by atoms with Crippen LogP contribution in [0.2, 0.25) is 0 Å². The van der Waals surface area contributed by atoms with Gasteiger partial charge in [-0.15, -0.1) is 0 Å². The standard InChI is InChI=1S/C19H12Br4F6N2O2/c1-7(32)30-15-11(20)3-9(4-12(15)21)17(18(24,25)26,19(27,28)29)10-5-13(22)16(14(23)6-10)31-8(2)33/h3-6H,1-2H3,(H,30,32)(H,31,33). The summed E-state index contributed by atoms with van der Waals surface area (Å²) in [5.41, 5.74) is -6.83. The SMILES string of the molecule is CC(=O)Nc1c(Br)cc(C(c2cc(Br)c(NC(C)=O)c(Br)c2)(C(F)(F)F)C(F)(F)F)cc1Br. The Bertz CT molecular complexity index is 985. The van der Waals surface area contributed by atoms with E-state index in [0.29, 0.717) is 24.3 Å². The van der Waals surface area contributed by atoms with Crippen LogP contribution in [0.4, 0.5) is 37.7 Å². The van der Waals surface area contributed by atoms with Crippen molar-refractivity contribution in [3.63, 3.8) is 0 Å². The molecule has 2 amide bonds. The van der Waals surface area contributed by atoms with E-state index in [-0.39, 0.29) is 29.3 Å². The van der Waals surface area contributed by atoms with Crippen LogP contribution in [0.1, 0.15) is 25.0 Å². The number of carbonyl (C=O) groups is 2. The number of benzene rings is 2. The summed E-state index contributed by atoms with van der Waals surface area (Å²) in [5, 5.41) is 4.66. The minimum atomic E-state index is -5.84. The van der Waals surface area contributed by atoms with Gasteiger partial charge in [-0.05, 0) is 99.1 Å². The maximum absolute atomic E-state index is 14.5. The predicted octanol–water partition coefficient (Wildman–Crippen LogP) is 8.06. The fraction of sp³-hybridized carbons (Fsp3) is 0.263. The Hall–Kier alpha value is -1.12. The summed E-state index contributed by atoms with van der Waals surface area (Å²) >= 11 is 11.8. The molecule has 0 spiro atoms. The van der Waals surface area contributed by atoms with E-state index >= 15 is 0 Å². The van der Waals surface area contributed by atoms with Gasteiger partial charge in [-0.3, -0.25) is 9.59 Å². The number of alkyl halides is 6. The van der Waals surface area contributed by atoms with E-state index < -0.39 is 40.7 Å². The third-order valence-corrected chi connectivity index (χ3v) is 6.90. The molecular formula is C19H12Br4F6N2O2. The first-order valence-electron chi connectivity index (χ1n) is 8.61. The monoisotopic (exact) mass is 730 g/mol. The van der Waals surface area contributed by atoms with E-state index in [1.807, 2.05) is 0 Å². The van der Waals surface area contributed by atoms with Gasteiger partial charge in [0.1, 0.15) is 0 Å². The Morgan fingerprint density at radius 1 is 0.636 bits per heavy atom. The van der Waals surface area contributed by atoms with Gasteiger partial charge in [-0.1, -0.05) is 0 Å². The molecule has 0 aliphatic rings. The number of hydrogen-bond donors (Lipinski definition) is 2. The largest absolute Gasteiger partial charge is 0.411 e. The molecule has 0 saturated heterocycles. The molecule has 0 unspecified atom stereocenters. The minimum absolute atomic E-state index is 0.0344. The molecule has 0 fully saturated rings. The normalized spacial score (nSPS) is 12.5. The number of halogens is 10. The Balaban J connectivity index is 2.98. The van der Waals surface area contributed by atoms with E-state index in [4.69, 9.17) is 0 Å². The Morgan fingerprint density at radius 2 is 0.879 bits per heavy atom. The highest BCUT2D eigenvalue weighted by molar-refractivity contribution is 9.11. The molecule has 14 heteroatoms. The highest BCUT2D eigenvalue weighted by Gasteiger charge is 2.72. The number of amides is 2. The molecule has 2 aromatic carbocycles. The second-order valence-corrected chi connectivity index (χ2v) is 10.2. The van der Waals surface area contributed by atoms with Gasteiger partial charge in [-0.25, -0.2) is 0 Å². The third-order valence-electron chi connectivity index (χ3n) is 4.40. The minimum Gasteiger partial charge on any atom is -0.324 e. The van der Waals surface area contributed by atoms with Crippen LogP contribution in [-0.2, 0) is 15.0 Å². The average Bonchev–Trinajstić information content (AvgIpc) is 2.59. The van der Waals surface area contributed by atoms with E-state index in [9.17, 15) is 35.9 Å². The van der Waals surface area contributed by atoms with Gasteiger partial charge < -0.3 is 10.6 Å². The lowest BCUT2D eigenvalue weighted by atomic mass is 9.73. The summed E-state index contributed by atoms with van der Waals surface area (Å²) in [6.07, 6.45) is -11.7. The fourth-order valence-corrected chi connectivity index (χ4v) is 5.92. The van der Waals surface area contributed by atoms with Crippen LogP contribution < -0.4 is 10.6 Å². The summed E-state index contributed by atoms with van der Waals surface area (Å²) < 4.78 is 86.0. The van der Waals surface area contributed by atoms with Crippen molar-refractivity contribution < 1.29 is 35.9 Å². The molecular weight excluding hydrogens is 722 g/mol. The van der Waals surface area contributed by atoms with Gasteiger partial charge >= 0.3 is 12.4 Å². The van der Waals surface area contributed by atoms with Crippen molar-refractivity contribution in [2.45, 2.75) is 31.6 Å². The quantitative estimate of drug-likeness (QED) is 0.313. The van der Waals surface area contributed by atoms with E-state index in [1.165, 1.54) is 0 Å². The van der Waals surface area contributed by atoms with Crippen LogP contribution in [-0.4, -0.2) is 24.2 Å². The maximum atomic E-state index is 14.5. The summed E-state index contributed by atoms with van der Waals surface area (Å²) in [4.78, 5) is 22.7. The third kappa shape index (κ3) is 5.43. The van der Waals surface area contributed by atoms with Crippen molar-refractivity contribution in [1.29, 1.82) is 0 Å². The smallest absolute Gasteiger partial charge is 0.324 e. The molecule has 0 aliphatic carbocycles. The first-order chi connectivity index (χ1) is 14.9. The second-order valence-electron chi connectivity index (χ2n) is 6.74. The van der Waals surface area contributed by atoms with Gasteiger partial charge in [0.15, 0.2) is 0 Å². The molecule has 0 saturated carbocycles.